The summed E-state index contributed by atoms with van der Waals surface area (Å²) in [5, 5.41) is 2.92. The molecule has 0 saturated carbocycles. The van der Waals surface area contributed by atoms with Crippen LogP contribution in [0.15, 0.2) is 206 Å². The molecule has 4 aliphatic heterocycles. The molecular weight excluding hydrogens is 854 g/mol. The minimum absolute atomic E-state index is 0.00376. The van der Waals surface area contributed by atoms with E-state index in [9.17, 15) is 0 Å². The molecular formula is C60H52B2N4Si2. The molecule has 0 aliphatic carbocycles. The van der Waals surface area contributed by atoms with Crippen LogP contribution in [0.25, 0.3) is 0 Å². The maximum absolute atomic E-state index is 2.64. The first kappa shape index (κ1) is 41.0. The van der Waals surface area contributed by atoms with Gasteiger partial charge in [0.25, 0.3) is 13.4 Å². The Morgan fingerprint density at radius 1 is 0.265 bits per heavy atom. The van der Waals surface area contributed by atoms with Crippen molar-refractivity contribution in [2.24, 2.45) is 0 Å². The van der Waals surface area contributed by atoms with Crippen molar-refractivity contribution in [2.75, 3.05) is 19.6 Å². The summed E-state index contributed by atoms with van der Waals surface area (Å²) in [7, 11) is -3.14. The molecule has 0 radical (unpaired) electrons. The molecule has 0 spiro atoms. The number of anilines is 12. The third-order valence-corrected chi connectivity index (χ3v) is 19.1. The lowest BCUT2D eigenvalue weighted by Crippen LogP contribution is -2.65. The first-order valence-electron chi connectivity index (χ1n) is 24.2. The van der Waals surface area contributed by atoms with Crippen LogP contribution in [0.5, 0.6) is 0 Å². The van der Waals surface area contributed by atoms with Crippen LogP contribution in [0.3, 0.4) is 0 Å². The Morgan fingerprint density at radius 2 is 0.574 bits per heavy atom. The summed E-state index contributed by atoms with van der Waals surface area (Å²) >= 11 is 0. The standard InChI is InChI=1S/C60H52B2N4Si2/c1-67(2,3)45-35-31-43(32-36-45)65-55-29-17-27-53-59(55)61(47-23-13-15-25-51(47)63(53)41-19-9-7-10-20-41)49-39-50-58(40-57(49)65)66(44-33-37-46(38-34-44)68(4,5)6)56-30-18-28-54-60(56)62(50)48-24-14-16-26-52(48)64(54)42-21-11-8-12-22-42/h7-40H,1-6H3. The van der Waals surface area contributed by atoms with Gasteiger partial charge in [0.15, 0.2) is 0 Å². The Bertz CT molecular complexity index is 3230. The molecule has 0 saturated heterocycles. The summed E-state index contributed by atoms with van der Waals surface area (Å²) in [6.07, 6.45) is 0. The van der Waals surface area contributed by atoms with Gasteiger partial charge in [-0.1, -0.05) is 165 Å². The fourth-order valence-electron chi connectivity index (χ4n) is 11.7. The first-order chi connectivity index (χ1) is 33.0. The van der Waals surface area contributed by atoms with E-state index in [2.05, 4.69) is 265 Å². The van der Waals surface area contributed by atoms with Crippen molar-refractivity contribution < 1.29 is 0 Å². The number of hydrogen-bond donors (Lipinski definition) is 0. The molecule has 4 nitrogen and oxygen atoms in total. The first-order valence-corrected chi connectivity index (χ1v) is 31.2. The summed E-state index contributed by atoms with van der Waals surface area (Å²) in [6.45, 7) is 14.6. The molecule has 0 unspecified atom stereocenters. The van der Waals surface area contributed by atoms with Crippen molar-refractivity contribution in [1.29, 1.82) is 0 Å². The van der Waals surface area contributed by atoms with E-state index in [1.54, 1.807) is 0 Å². The predicted molar refractivity (Wildman–Crippen MR) is 300 cm³/mol. The van der Waals surface area contributed by atoms with Gasteiger partial charge in [0, 0.05) is 68.2 Å². The normalized spacial score (nSPS) is 14.1. The van der Waals surface area contributed by atoms with Gasteiger partial charge in [-0.3, -0.25) is 0 Å². The summed E-state index contributed by atoms with van der Waals surface area (Å²) in [5.74, 6) is 0. The molecule has 0 fully saturated rings. The molecule has 326 valence electrons. The second-order valence-corrected chi connectivity index (χ2v) is 31.1. The summed E-state index contributed by atoms with van der Waals surface area (Å²) in [6, 6.07) is 78.4. The second-order valence-electron chi connectivity index (χ2n) is 21.0. The maximum atomic E-state index is 2.64. The SMILES string of the molecule is C[Si](C)(C)c1ccc(N2c3cc4c(cc3B3c5ccccc5N(c5ccccc5)c5cccc2c53)B2c3ccccc3N(c3ccccc3)c3cccc(c32)N4c2ccc([Si](C)(C)C)cc2)cc1. The largest absolute Gasteiger partial charge is 0.311 e. The van der Waals surface area contributed by atoms with Gasteiger partial charge in [-0.05, 0) is 124 Å². The fourth-order valence-corrected chi connectivity index (χ4v) is 14.1. The molecule has 0 N–H and O–H groups in total. The Kier molecular flexibility index (Phi) is 9.11. The minimum Gasteiger partial charge on any atom is -0.311 e. The van der Waals surface area contributed by atoms with Crippen molar-refractivity contribution >= 4 is 141 Å². The van der Waals surface area contributed by atoms with Crippen LogP contribution in [0.1, 0.15) is 0 Å². The van der Waals surface area contributed by atoms with Crippen molar-refractivity contribution in [1.82, 2.24) is 0 Å². The van der Waals surface area contributed by atoms with Crippen LogP contribution in [-0.2, 0) is 0 Å². The highest BCUT2D eigenvalue weighted by Gasteiger charge is 2.48. The number of nitrogens with zero attached hydrogens (tertiary/aromatic N) is 4. The second kappa shape index (κ2) is 15.1. The topological polar surface area (TPSA) is 13.0 Å². The predicted octanol–water partition coefficient (Wildman–Crippen LogP) is 10.9. The van der Waals surface area contributed by atoms with Gasteiger partial charge in [0.2, 0.25) is 0 Å². The van der Waals surface area contributed by atoms with Crippen molar-refractivity contribution in [3.05, 3.63) is 206 Å². The monoisotopic (exact) mass is 906 g/mol. The van der Waals surface area contributed by atoms with Gasteiger partial charge in [0.05, 0.1) is 16.1 Å². The minimum atomic E-state index is -1.57. The van der Waals surface area contributed by atoms with E-state index in [0.717, 1.165) is 11.4 Å². The third kappa shape index (κ3) is 6.13. The third-order valence-electron chi connectivity index (χ3n) is 14.9. The highest BCUT2D eigenvalue weighted by Crippen LogP contribution is 2.48. The van der Waals surface area contributed by atoms with E-state index in [4.69, 9.17) is 0 Å². The van der Waals surface area contributed by atoms with E-state index < -0.39 is 16.1 Å². The zero-order valence-corrected chi connectivity index (χ0v) is 41.6. The van der Waals surface area contributed by atoms with Crippen LogP contribution in [0.2, 0.25) is 39.3 Å². The maximum Gasteiger partial charge on any atom is 0.252 e. The van der Waals surface area contributed by atoms with E-state index in [1.807, 2.05) is 0 Å². The highest BCUT2D eigenvalue weighted by atomic mass is 28.3. The fraction of sp³-hybridized carbons (Fsp3) is 0.100. The molecule has 0 atom stereocenters. The average molecular weight is 907 g/mol. The van der Waals surface area contributed by atoms with Gasteiger partial charge in [-0.2, -0.15) is 0 Å². The lowest BCUT2D eigenvalue weighted by molar-refractivity contribution is 1.23. The lowest BCUT2D eigenvalue weighted by Gasteiger charge is -2.47. The number of para-hydroxylation sites is 4. The van der Waals surface area contributed by atoms with Crippen LogP contribution in [-0.4, -0.2) is 29.6 Å². The Labute approximate surface area is 404 Å². The molecule has 13 rings (SSSR count). The van der Waals surface area contributed by atoms with Gasteiger partial charge < -0.3 is 19.6 Å². The Morgan fingerprint density at radius 3 is 0.941 bits per heavy atom. The summed E-state index contributed by atoms with van der Waals surface area (Å²) in [5.41, 5.74) is 22.5. The van der Waals surface area contributed by atoms with Crippen LogP contribution >= 0.6 is 0 Å². The highest BCUT2D eigenvalue weighted by molar-refractivity contribution is 7.03. The van der Waals surface area contributed by atoms with Crippen LogP contribution in [0, 0.1) is 0 Å². The Balaban J connectivity index is 1.13. The molecule has 0 aromatic heterocycles. The Hall–Kier alpha value is -7.26. The molecule has 4 heterocycles. The van der Waals surface area contributed by atoms with Crippen molar-refractivity contribution in [2.45, 2.75) is 39.3 Å². The molecule has 8 heteroatoms. The molecule has 4 aliphatic rings. The zero-order valence-electron chi connectivity index (χ0n) is 39.6. The van der Waals surface area contributed by atoms with Gasteiger partial charge >= 0.3 is 0 Å². The lowest BCUT2D eigenvalue weighted by atomic mass is 9.30. The number of benzene rings is 9. The molecule has 68 heavy (non-hydrogen) atoms. The van der Waals surface area contributed by atoms with E-state index in [0.29, 0.717) is 0 Å². The molecule has 9 aromatic rings. The number of fused-ring (bicyclic) bond motifs is 8. The van der Waals surface area contributed by atoms with Gasteiger partial charge in [0.1, 0.15) is 0 Å². The zero-order chi connectivity index (χ0) is 46.1. The van der Waals surface area contributed by atoms with E-state index in [-0.39, 0.29) is 13.4 Å². The average Bonchev–Trinajstić information content (AvgIpc) is 3.36. The van der Waals surface area contributed by atoms with Crippen LogP contribution in [0.4, 0.5) is 68.2 Å². The molecule has 0 bridgehead atoms. The van der Waals surface area contributed by atoms with E-state index in [1.165, 1.54) is 100 Å². The molecule has 0 amide bonds. The van der Waals surface area contributed by atoms with Crippen molar-refractivity contribution in [3.63, 3.8) is 0 Å². The number of rotatable bonds is 6. The van der Waals surface area contributed by atoms with Crippen molar-refractivity contribution in [3.8, 4) is 0 Å². The summed E-state index contributed by atoms with van der Waals surface area (Å²) in [4.78, 5) is 10.1. The van der Waals surface area contributed by atoms with Gasteiger partial charge in [-0.25, -0.2) is 0 Å². The van der Waals surface area contributed by atoms with Gasteiger partial charge in [-0.15, -0.1) is 0 Å². The van der Waals surface area contributed by atoms with E-state index >= 15 is 0 Å². The number of hydrogen-bond acceptors (Lipinski definition) is 4. The quantitative estimate of drug-likeness (QED) is 0.154. The molecule has 9 aromatic carbocycles. The smallest absolute Gasteiger partial charge is 0.252 e. The van der Waals surface area contributed by atoms with Crippen LogP contribution < -0.4 is 62.7 Å². The summed E-state index contributed by atoms with van der Waals surface area (Å²) < 4.78 is 0.